The Labute approximate surface area is 426 Å². The van der Waals surface area contributed by atoms with Gasteiger partial charge in [-0.3, -0.25) is 51.4 Å². The molecule has 0 spiro atoms. The van der Waals surface area contributed by atoms with Crippen molar-refractivity contribution < 1.29 is 60.6 Å². The molecule has 0 amide bonds. The zero-order valence-corrected chi connectivity index (χ0v) is 41.8. The fraction of sp³-hybridized carbons (Fsp3) is 0.250. The number of phenols is 1. The number of aromatic nitrogens is 6. The van der Waals surface area contributed by atoms with E-state index in [1.54, 1.807) is 65.2 Å². The van der Waals surface area contributed by atoms with E-state index >= 15 is 13.5 Å². The van der Waals surface area contributed by atoms with Gasteiger partial charge in [-0.05, 0) is 58.2 Å². The van der Waals surface area contributed by atoms with Crippen molar-refractivity contribution in [2.24, 2.45) is 0 Å². The Morgan fingerprint density at radius 2 is 1.31 bits per heavy atom. The van der Waals surface area contributed by atoms with E-state index in [1.165, 1.54) is 49.1 Å². The lowest BCUT2D eigenvalue weighted by atomic mass is 10.0. The third-order valence-electron chi connectivity index (χ3n) is 12.2. The lowest BCUT2D eigenvalue weighted by Gasteiger charge is -2.28. The van der Waals surface area contributed by atoms with Gasteiger partial charge in [0.1, 0.15) is 54.5 Å². The highest BCUT2D eigenvalue weighted by Gasteiger charge is 2.53. The van der Waals surface area contributed by atoms with Crippen molar-refractivity contribution in [1.82, 2.24) is 29.1 Å². The standard InChI is InChI=1S/C48H42FN7O14P2S2/c49-40-37-22-66-71(63,73-23-28-3-9-31(10-4-28)42(60)30-7-1-27(20-57)2-8-30)69-35-19-39(56-26-53-41-45(50)51-25-52-46(41)56)67-36(35)21-65-72(64,70-44(40)47(68-37)55-18-17-38(59)54-48(55)62)74-24-29-5-11-32(12-6-29)43(61)33-13-15-34(58)16-14-33/h1-18,20,25-26,35-37,39-40,44,47,58H,19,21-24H2,(H2,50,51,52)(H,54,59,62)/t35-,36+,37+,39+,40+,44+,47+,71?,72?/m0/s1. The number of nitrogen functional groups attached to an aromatic ring is 1. The monoisotopic (exact) mass is 1090 g/mol. The number of aldehydes is 1. The molecule has 4 N–H and O–H groups in total. The van der Waals surface area contributed by atoms with Crippen molar-refractivity contribution in [2.45, 2.75) is 61.0 Å². The van der Waals surface area contributed by atoms with E-state index < -0.39 is 81.1 Å². The number of H-pyrrole nitrogens is 1. The van der Waals surface area contributed by atoms with Crippen molar-refractivity contribution in [2.75, 3.05) is 18.9 Å². The van der Waals surface area contributed by atoms with Crippen LogP contribution in [0.5, 0.6) is 5.75 Å². The number of benzene rings is 4. The number of nitrogens with one attached hydrogen (secondary N) is 1. The van der Waals surface area contributed by atoms with Crippen molar-refractivity contribution >= 4 is 71.2 Å². The first-order valence-corrected chi connectivity index (χ1v) is 28.9. The van der Waals surface area contributed by atoms with Gasteiger partial charge in [0.2, 0.25) is 0 Å². The van der Waals surface area contributed by atoms with Gasteiger partial charge in [-0.1, -0.05) is 72.8 Å². The number of ketones is 2. The number of fused-ring (bicyclic) bond motifs is 4. The first-order valence-electron chi connectivity index (χ1n) is 22.6. The molecule has 3 saturated heterocycles. The molecule has 10 rings (SSSR count). The van der Waals surface area contributed by atoms with Gasteiger partial charge in [-0.15, -0.1) is 0 Å². The molecule has 3 fully saturated rings. The van der Waals surface area contributed by atoms with Gasteiger partial charge in [-0.25, -0.2) is 33.3 Å². The SMILES string of the molecule is Nc1ncnc2c1ncn2[C@H]1C[C@@H]2OP(=O)(SCc3ccc(C(=O)c4ccc(C=O)cc4)cc3)OC[C@H]3O[C@@H](n4ccc(=O)[nH]c4=O)[C@H](OP(=O)(SCc4ccc(C(=O)c5ccc(O)cc5)cc4)OC[C@H]2O1)[C@@H]3F. The summed E-state index contributed by atoms with van der Waals surface area (Å²) in [5, 5.41) is 9.68. The largest absolute Gasteiger partial charge is 0.508 e. The Bertz CT molecular complexity index is 3460. The molecule has 0 saturated carbocycles. The summed E-state index contributed by atoms with van der Waals surface area (Å²) >= 11 is 1.43. The molecular formula is C48H42FN7O14P2S2. The number of hydrogen-bond acceptors (Lipinski definition) is 20. The highest BCUT2D eigenvalue weighted by atomic mass is 32.7. The molecule has 3 aliphatic rings. The summed E-state index contributed by atoms with van der Waals surface area (Å²) in [7, 11) is 0. The fourth-order valence-corrected chi connectivity index (χ4v) is 15.1. The number of carbonyl (C=O) groups is 3. The minimum Gasteiger partial charge on any atom is -0.508 e. The quantitative estimate of drug-likeness (QED) is 0.0577. The fourth-order valence-electron chi connectivity index (χ4n) is 8.32. The van der Waals surface area contributed by atoms with Crippen LogP contribution in [0.25, 0.3) is 11.2 Å². The van der Waals surface area contributed by atoms with E-state index in [-0.39, 0.29) is 46.6 Å². The number of phenolic OH excluding ortho intramolecular Hbond substituents is 1. The number of nitrogens with two attached hydrogens (primary N) is 1. The molecular weight excluding hydrogens is 1040 g/mol. The molecule has 0 radical (unpaired) electrons. The Morgan fingerprint density at radius 1 is 0.743 bits per heavy atom. The first kappa shape index (κ1) is 51.1. The molecule has 9 atom stereocenters. The van der Waals surface area contributed by atoms with Crippen molar-refractivity contribution in [3.8, 4) is 5.75 Å². The second kappa shape index (κ2) is 21.4. The predicted octanol–water partition coefficient (Wildman–Crippen LogP) is 7.36. The number of imidazole rings is 1. The summed E-state index contributed by atoms with van der Waals surface area (Å²) in [6, 6.07) is 25.8. The van der Waals surface area contributed by atoms with Crippen LogP contribution in [0.3, 0.4) is 0 Å². The van der Waals surface area contributed by atoms with Crippen LogP contribution in [0.15, 0.2) is 132 Å². The van der Waals surface area contributed by atoms with Crippen LogP contribution in [0.1, 0.15) is 72.2 Å². The molecule has 2 unspecified atom stereocenters. The number of aromatic hydroxyl groups is 1. The number of halogens is 1. The number of anilines is 1. The molecule has 7 aromatic rings. The summed E-state index contributed by atoms with van der Waals surface area (Å²) in [6.07, 6.45) is -6.21. The van der Waals surface area contributed by atoms with Crippen LogP contribution in [-0.4, -0.2) is 95.8 Å². The van der Waals surface area contributed by atoms with E-state index in [0.717, 1.165) is 28.2 Å². The average molecular weight is 1090 g/mol. The van der Waals surface area contributed by atoms with Crippen molar-refractivity contribution in [3.05, 3.63) is 182 Å². The van der Waals surface area contributed by atoms with Gasteiger partial charge in [0.15, 0.2) is 35.4 Å². The Balaban J connectivity index is 0.956. The molecule has 6 heterocycles. The second-order valence-electron chi connectivity index (χ2n) is 17.1. The minimum atomic E-state index is -4.61. The van der Waals surface area contributed by atoms with Crippen LogP contribution >= 0.6 is 36.4 Å². The van der Waals surface area contributed by atoms with Gasteiger partial charge in [0, 0.05) is 58.0 Å². The van der Waals surface area contributed by atoms with Crippen molar-refractivity contribution in [1.29, 1.82) is 0 Å². The van der Waals surface area contributed by atoms with Gasteiger partial charge in [0.05, 0.1) is 19.5 Å². The Morgan fingerprint density at radius 3 is 1.91 bits per heavy atom. The maximum atomic E-state index is 17.0. The maximum absolute atomic E-state index is 17.0. The lowest BCUT2D eigenvalue weighted by molar-refractivity contribution is -0.0587. The van der Waals surface area contributed by atoms with E-state index in [1.807, 2.05) is 0 Å². The highest BCUT2D eigenvalue weighted by molar-refractivity contribution is 8.55. The number of alkyl halides is 1. The van der Waals surface area contributed by atoms with Crippen LogP contribution in [-0.2, 0) is 48.2 Å². The summed E-state index contributed by atoms with van der Waals surface area (Å²) in [5.74, 6) is -0.580. The number of ether oxygens (including phenoxy) is 2. The van der Waals surface area contributed by atoms with Gasteiger partial charge in [0.25, 0.3) is 5.56 Å². The number of carbonyl (C=O) groups excluding carboxylic acids is 3. The molecule has 3 aromatic heterocycles. The summed E-state index contributed by atoms with van der Waals surface area (Å²) in [5.41, 5.74) is 7.87. The summed E-state index contributed by atoms with van der Waals surface area (Å²) in [4.78, 5) is 77.7. The second-order valence-corrected chi connectivity index (χ2v) is 25.1. The van der Waals surface area contributed by atoms with Crippen LogP contribution < -0.4 is 17.0 Å². The summed E-state index contributed by atoms with van der Waals surface area (Å²) < 4.78 is 87.3. The molecule has 0 aliphatic carbocycles. The normalized spacial score (nSPS) is 26.1. The Kier molecular flexibility index (Phi) is 14.8. The van der Waals surface area contributed by atoms with Crippen LogP contribution in [0.2, 0.25) is 0 Å². The molecule has 4 aromatic carbocycles. The molecule has 21 nitrogen and oxygen atoms in total. The third kappa shape index (κ3) is 11.0. The van der Waals surface area contributed by atoms with E-state index in [2.05, 4.69) is 19.9 Å². The Hall–Kier alpha value is -6.43. The maximum Gasteiger partial charge on any atom is 0.390 e. The summed E-state index contributed by atoms with van der Waals surface area (Å²) in [6.45, 7) is -10.4. The lowest BCUT2D eigenvalue weighted by Crippen LogP contribution is -2.37. The van der Waals surface area contributed by atoms with E-state index in [4.69, 9.17) is 33.3 Å². The first-order chi connectivity index (χ1) is 35.6. The molecule has 74 heavy (non-hydrogen) atoms. The number of rotatable bonds is 13. The molecule has 2 bridgehead atoms. The van der Waals surface area contributed by atoms with E-state index in [9.17, 15) is 29.1 Å². The number of aromatic amines is 1. The van der Waals surface area contributed by atoms with Crippen LogP contribution in [0.4, 0.5) is 10.2 Å². The smallest absolute Gasteiger partial charge is 0.390 e. The highest BCUT2D eigenvalue weighted by Crippen LogP contribution is 2.67. The zero-order valence-electron chi connectivity index (χ0n) is 38.4. The average Bonchev–Trinajstić information content (AvgIpc) is 4.11. The number of nitrogens with zero attached hydrogens (tertiary/aromatic N) is 5. The zero-order chi connectivity index (χ0) is 51.7. The van der Waals surface area contributed by atoms with E-state index in [0.29, 0.717) is 62.3 Å². The predicted molar refractivity (Wildman–Crippen MR) is 268 cm³/mol. The third-order valence-corrected chi connectivity index (χ3v) is 19.6. The molecule has 382 valence electrons. The van der Waals surface area contributed by atoms with Crippen LogP contribution in [0, 0.1) is 0 Å². The van der Waals surface area contributed by atoms with Gasteiger partial charge >= 0.3 is 19.3 Å². The number of hydrogen-bond donors (Lipinski definition) is 3. The van der Waals surface area contributed by atoms with Gasteiger partial charge < -0.3 is 20.3 Å². The topological polar surface area (TPSA) is 285 Å². The van der Waals surface area contributed by atoms with Crippen molar-refractivity contribution in [3.63, 3.8) is 0 Å². The molecule has 3 aliphatic heterocycles. The molecule has 26 heteroatoms. The van der Waals surface area contributed by atoms with Gasteiger partial charge in [-0.2, -0.15) is 0 Å². The minimum absolute atomic E-state index is 0.00110.